The molecule has 1 aromatic rings. The van der Waals surface area contributed by atoms with Crippen molar-refractivity contribution in [2.75, 3.05) is 13.1 Å². The number of ether oxygens (including phenoxy) is 1. The van der Waals surface area contributed by atoms with Crippen LogP contribution in [0.2, 0.25) is 0 Å². The molecule has 110 valence electrons. The van der Waals surface area contributed by atoms with Gasteiger partial charge in [0, 0.05) is 30.7 Å². The third-order valence-electron chi connectivity index (χ3n) is 2.91. The number of likely N-dealkylation sites (tertiary alicyclic amines) is 1. The van der Waals surface area contributed by atoms with Gasteiger partial charge in [-0.25, -0.2) is 9.78 Å². The van der Waals surface area contributed by atoms with Gasteiger partial charge in [0.15, 0.2) is 0 Å². The minimum absolute atomic E-state index is 0.225. The van der Waals surface area contributed by atoms with Crippen molar-refractivity contribution in [2.24, 2.45) is 0 Å². The zero-order valence-corrected chi connectivity index (χ0v) is 13.2. The number of aromatic nitrogens is 2. The van der Waals surface area contributed by atoms with Crippen LogP contribution in [0.5, 0.6) is 0 Å². The van der Waals surface area contributed by atoms with E-state index in [-0.39, 0.29) is 6.09 Å². The molecule has 1 aliphatic rings. The van der Waals surface area contributed by atoms with Gasteiger partial charge in [-0.15, -0.1) is 0 Å². The summed E-state index contributed by atoms with van der Waals surface area (Å²) in [6.45, 7) is 9.06. The molecule has 0 saturated carbocycles. The first kappa shape index (κ1) is 15.1. The highest BCUT2D eigenvalue weighted by molar-refractivity contribution is 7.99. The van der Waals surface area contributed by atoms with Crippen LogP contribution in [0.4, 0.5) is 4.79 Å². The van der Waals surface area contributed by atoms with Gasteiger partial charge >= 0.3 is 6.09 Å². The van der Waals surface area contributed by atoms with Crippen LogP contribution in [0.15, 0.2) is 17.4 Å². The molecular weight excluding hydrogens is 274 g/mol. The number of aryl methyl sites for hydroxylation is 1. The second-order valence-electron chi connectivity index (χ2n) is 5.90. The van der Waals surface area contributed by atoms with E-state index in [2.05, 4.69) is 9.97 Å². The maximum absolute atomic E-state index is 12.0. The highest BCUT2D eigenvalue weighted by atomic mass is 32.2. The Kier molecular flexibility index (Phi) is 4.52. The molecule has 0 N–H and O–H groups in total. The lowest BCUT2D eigenvalue weighted by Crippen LogP contribution is -2.35. The van der Waals surface area contributed by atoms with E-state index in [0.29, 0.717) is 11.8 Å². The Labute approximate surface area is 124 Å². The molecule has 20 heavy (non-hydrogen) atoms. The number of hydrogen-bond acceptors (Lipinski definition) is 5. The Morgan fingerprint density at radius 3 is 2.75 bits per heavy atom. The van der Waals surface area contributed by atoms with Crippen LogP contribution in [0, 0.1) is 6.92 Å². The van der Waals surface area contributed by atoms with Gasteiger partial charge in [-0.2, -0.15) is 0 Å². The topological polar surface area (TPSA) is 55.3 Å². The molecule has 2 heterocycles. The van der Waals surface area contributed by atoms with Gasteiger partial charge in [0.1, 0.15) is 10.6 Å². The van der Waals surface area contributed by atoms with E-state index in [4.69, 9.17) is 4.74 Å². The van der Waals surface area contributed by atoms with Crippen molar-refractivity contribution < 1.29 is 9.53 Å². The summed E-state index contributed by atoms with van der Waals surface area (Å²) >= 11 is 1.69. The zero-order valence-electron chi connectivity index (χ0n) is 12.4. The number of carbonyl (C=O) groups excluding carboxylic acids is 1. The number of thioether (sulfide) groups is 1. The summed E-state index contributed by atoms with van der Waals surface area (Å²) in [6, 6.07) is 0. The predicted octanol–water partition coefficient (Wildman–Crippen LogP) is 2.89. The molecule has 0 spiro atoms. The number of amides is 1. The summed E-state index contributed by atoms with van der Waals surface area (Å²) in [5.41, 5.74) is 0.497. The third kappa shape index (κ3) is 4.10. The van der Waals surface area contributed by atoms with Crippen molar-refractivity contribution in [3.63, 3.8) is 0 Å². The fraction of sp³-hybridized carbons (Fsp3) is 0.643. The first-order valence-electron chi connectivity index (χ1n) is 6.77. The van der Waals surface area contributed by atoms with Crippen molar-refractivity contribution in [3.05, 3.63) is 18.1 Å². The van der Waals surface area contributed by atoms with Gasteiger partial charge in [0.05, 0.1) is 5.69 Å². The lowest BCUT2D eigenvalue weighted by Gasteiger charge is -2.24. The number of hydrogen-bond donors (Lipinski definition) is 0. The van der Waals surface area contributed by atoms with Crippen molar-refractivity contribution in [1.82, 2.24) is 14.9 Å². The average Bonchev–Trinajstić information content (AvgIpc) is 2.79. The molecule has 1 unspecified atom stereocenters. The van der Waals surface area contributed by atoms with Gasteiger partial charge in [-0.05, 0) is 34.1 Å². The third-order valence-corrected chi connectivity index (χ3v) is 4.25. The molecule has 6 heteroatoms. The van der Waals surface area contributed by atoms with E-state index in [1.165, 1.54) is 0 Å². The lowest BCUT2D eigenvalue weighted by molar-refractivity contribution is 0.0295. The normalized spacial score (nSPS) is 19.2. The van der Waals surface area contributed by atoms with Crippen molar-refractivity contribution >= 4 is 17.9 Å². The Morgan fingerprint density at radius 2 is 2.10 bits per heavy atom. The summed E-state index contributed by atoms with van der Waals surface area (Å²) in [6.07, 6.45) is 4.13. The molecule has 5 nitrogen and oxygen atoms in total. The van der Waals surface area contributed by atoms with Crippen molar-refractivity contribution in [2.45, 2.75) is 50.0 Å². The number of carbonyl (C=O) groups is 1. The van der Waals surface area contributed by atoms with Gasteiger partial charge in [0.25, 0.3) is 0 Å². The Hall–Kier alpha value is -1.30. The van der Waals surface area contributed by atoms with Crippen LogP contribution in [0.3, 0.4) is 0 Å². The predicted molar refractivity (Wildman–Crippen MR) is 78.8 cm³/mol. The monoisotopic (exact) mass is 295 g/mol. The maximum atomic E-state index is 12.0. The van der Waals surface area contributed by atoms with E-state index < -0.39 is 5.60 Å². The second kappa shape index (κ2) is 5.99. The van der Waals surface area contributed by atoms with Gasteiger partial charge < -0.3 is 9.64 Å². The summed E-state index contributed by atoms with van der Waals surface area (Å²) in [5, 5.41) is 1.31. The minimum atomic E-state index is -0.441. The van der Waals surface area contributed by atoms with E-state index in [9.17, 15) is 4.79 Å². The Balaban J connectivity index is 1.90. The lowest BCUT2D eigenvalue weighted by atomic mass is 10.2. The van der Waals surface area contributed by atoms with Gasteiger partial charge in [0.2, 0.25) is 0 Å². The molecule has 1 fully saturated rings. The largest absolute Gasteiger partial charge is 0.444 e. The van der Waals surface area contributed by atoms with Gasteiger partial charge in [-0.1, -0.05) is 11.8 Å². The van der Waals surface area contributed by atoms with E-state index in [1.807, 2.05) is 27.7 Å². The Bertz CT molecular complexity index is 488. The van der Waals surface area contributed by atoms with Crippen LogP contribution in [-0.4, -0.2) is 44.9 Å². The first-order chi connectivity index (χ1) is 9.35. The molecule has 0 aromatic carbocycles. The van der Waals surface area contributed by atoms with Crippen LogP contribution in [-0.2, 0) is 4.74 Å². The van der Waals surface area contributed by atoms with Crippen LogP contribution in [0.25, 0.3) is 0 Å². The van der Waals surface area contributed by atoms with Crippen molar-refractivity contribution in [3.8, 4) is 0 Å². The summed E-state index contributed by atoms with van der Waals surface area (Å²) in [7, 11) is 0. The molecule has 0 radical (unpaired) electrons. The van der Waals surface area contributed by atoms with Gasteiger partial charge in [-0.3, -0.25) is 4.98 Å². The van der Waals surface area contributed by atoms with E-state index in [0.717, 1.165) is 23.7 Å². The van der Waals surface area contributed by atoms with Crippen LogP contribution in [0.1, 0.15) is 32.9 Å². The SMILES string of the molecule is Cc1nccnc1SC1CCN(C(=O)OC(C)(C)C)C1. The molecule has 0 aliphatic carbocycles. The zero-order chi connectivity index (χ0) is 14.8. The maximum Gasteiger partial charge on any atom is 0.410 e. The van der Waals surface area contributed by atoms with E-state index in [1.54, 1.807) is 29.1 Å². The summed E-state index contributed by atoms with van der Waals surface area (Å²) in [4.78, 5) is 22.3. The molecule has 1 atom stereocenters. The molecule has 1 amide bonds. The molecule has 2 rings (SSSR count). The average molecular weight is 295 g/mol. The molecule has 1 saturated heterocycles. The fourth-order valence-corrected chi connectivity index (χ4v) is 3.12. The smallest absolute Gasteiger partial charge is 0.410 e. The highest BCUT2D eigenvalue weighted by Gasteiger charge is 2.30. The Morgan fingerprint density at radius 1 is 1.40 bits per heavy atom. The molecule has 0 bridgehead atoms. The first-order valence-corrected chi connectivity index (χ1v) is 7.65. The molecule has 1 aliphatic heterocycles. The van der Waals surface area contributed by atoms with E-state index >= 15 is 0 Å². The fourth-order valence-electron chi connectivity index (χ4n) is 1.99. The highest BCUT2D eigenvalue weighted by Crippen LogP contribution is 2.30. The second-order valence-corrected chi connectivity index (χ2v) is 7.19. The van der Waals surface area contributed by atoms with Crippen LogP contribution >= 0.6 is 11.8 Å². The van der Waals surface area contributed by atoms with Crippen LogP contribution < -0.4 is 0 Å². The standard InChI is InChI=1S/C14H21N3O2S/c1-10-12(16-7-6-15-10)20-11-5-8-17(9-11)13(18)19-14(2,3)4/h6-7,11H,5,8-9H2,1-4H3. The number of rotatable bonds is 2. The minimum Gasteiger partial charge on any atom is -0.444 e. The number of nitrogens with zero attached hydrogens (tertiary/aromatic N) is 3. The summed E-state index contributed by atoms with van der Waals surface area (Å²) in [5.74, 6) is 0. The van der Waals surface area contributed by atoms with Crippen molar-refractivity contribution in [1.29, 1.82) is 0 Å². The quantitative estimate of drug-likeness (QED) is 0.839. The molecule has 1 aromatic heterocycles. The molecular formula is C14H21N3O2S. The summed E-state index contributed by atoms with van der Waals surface area (Å²) < 4.78 is 5.39.